The molecule has 0 radical (unpaired) electrons. The van der Waals surface area contributed by atoms with Crippen LogP contribution >= 0.6 is 11.3 Å². The molecule has 0 aliphatic rings. The summed E-state index contributed by atoms with van der Waals surface area (Å²) in [5, 5.41) is 12.1. The number of amides is 1. The largest absolute Gasteiger partial charge is 0.332 e. The van der Waals surface area contributed by atoms with Crippen molar-refractivity contribution in [3.8, 4) is 0 Å². The molecule has 27 heavy (non-hydrogen) atoms. The van der Waals surface area contributed by atoms with Crippen molar-refractivity contribution in [3.05, 3.63) is 32.2 Å². The summed E-state index contributed by atoms with van der Waals surface area (Å²) in [5.74, 6) is -0.101. The van der Waals surface area contributed by atoms with Gasteiger partial charge in [-0.15, -0.1) is 10.2 Å². The van der Waals surface area contributed by atoms with Crippen LogP contribution in [0.3, 0.4) is 0 Å². The number of anilines is 1. The van der Waals surface area contributed by atoms with Crippen molar-refractivity contribution in [1.82, 2.24) is 28.9 Å². The summed E-state index contributed by atoms with van der Waals surface area (Å²) in [6, 6.07) is -0.674. The van der Waals surface area contributed by atoms with Gasteiger partial charge in [0.25, 0.3) is 5.56 Å². The van der Waals surface area contributed by atoms with Gasteiger partial charge >= 0.3 is 5.69 Å². The third-order valence-corrected chi connectivity index (χ3v) is 5.50. The topological polar surface area (TPSA) is 117 Å². The zero-order valence-electron chi connectivity index (χ0n) is 15.8. The molecular formula is C16H21N7O3S. The van der Waals surface area contributed by atoms with Crippen molar-refractivity contribution in [2.45, 2.75) is 39.2 Å². The highest BCUT2D eigenvalue weighted by molar-refractivity contribution is 7.15. The Bertz CT molecular complexity index is 1120. The van der Waals surface area contributed by atoms with Gasteiger partial charge in [0.15, 0.2) is 11.2 Å². The molecule has 1 atom stereocenters. The first-order chi connectivity index (χ1) is 12.8. The van der Waals surface area contributed by atoms with E-state index in [1.54, 1.807) is 0 Å². The summed E-state index contributed by atoms with van der Waals surface area (Å²) < 4.78 is 3.80. The van der Waals surface area contributed by atoms with E-state index in [1.807, 2.05) is 20.8 Å². The summed E-state index contributed by atoms with van der Waals surface area (Å²) in [4.78, 5) is 41.7. The van der Waals surface area contributed by atoms with Crippen LogP contribution in [0.4, 0.5) is 5.13 Å². The van der Waals surface area contributed by atoms with Crippen LogP contribution < -0.4 is 16.6 Å². The lowest BCUT2D eigenvalue weighted by molar-refractivity contribution is -0.119. The second-order valence-corrected chi connectivity index (χ2v) is 7.55. The maximum absolute atomic E-state index is 12.8. The van der Waals surface area contributed by atoms with Gasteiger partial charge in [-0.2, -0.15) is 0 Å². The van der Waals surface area contributed by atoms with Crippen molar-refractivity contribution in [1.29, 1.82) is 0 Å². The molecule has 11 heteroatoms. The van der Waals surface area contributed by atoms with Gasteiger partial charge in [-0.25, -0.2) is 9.78 Å². The van der Waals surface area contributed by atoms with E-state index in [-0.39, 0.29) is 23.0 Å². The van der Waals surface area contributed by atoms with Crippen molar-refractivity contribution in [2.75, 3.05) is 5.32 Å². The number of nitrogens with zero attached hydrogens (tertiary/aromatic N) is 6. The molecule has 3 aromatic rings. The maximum Gasteiger partial charge on any atom is 0.332 e. The number of aryl methyl sites for hydroxylation is 1. The molecule has 3 rings (SSSR count). The number of carbonyl (C=O) groups excluding carboxylic acids is 1. The van der Waals surface area contributed by atoms with E-state index in [9.17, 15) is 14.4 Å². The van der Waals surface area contributed by atoms with Gasteiger partial charge < -0.3 is 4.57 Å². The van der Waals surface area contributed by atoms with Crippen LogP contribution in [-0.2, 0) is 18.9 Å². The summed E-state index contributed by atoms with van der Waals surface area (Å²) in [6.07, 6.45) is 1.85. The van der Waals surface area contributed by atoms with E-state index in [0.717, 1.165) is 9.57 Å². The SMILES string of the molecule is CCC(C(=O)Nc1nnc(C(C)C)s1)n1cnc2c1c(=O)n(C)c(=O)n2C. The summed E-state index contributed by atoms with van der Waals surface area (Å²) >= 11 is 1.32. The minimum absolute atomic E-state index is 0.210. The molecule has 3 aromatic heterocycles. The Kier molecular flexibility index (Phi) is 4.96. The zero-order chi connectivity index (χ0) is 19.9. The molecule has 10 nitrogen and oxygen atoms in total. The molecule has 0 fully saturated rings. The molecule has 0 saturated heterocycles. The first-order valence-corrected chi connectivity index (χ1v) is 9.34. The van der Waals surface area contributed by atoms with Gasteiger partial charge in [0, 0.05) is 20.0 Å². The van der Waals surface area contributed by atoms with Gasteiger partial charge in [-0.05, 0) is 6.42 Å². The van der Waals surface area contributed by atoms with Crippen LogP contribution in [0.1, 0.15) is 44.2 Å². The predicted molar refractivity (Wildman–Crippen MR) is 102 cm³/mol. The van der Waals surface area contributed by atoms with Crippen LogP contribution in [0.5, 0.6) is 0 Å². The second kappa shape index (κ2) is 7.06. The minimum atomic E-state index is -0.674. The Labute approximate surface area is 158 Å². The first kappa shape index (κ1) is 19.0. The fraction of sp³-hybridized carbons (Fsp3) is 0.500. The Balaban J connectivity index is 2.01. The average Bonchev–Trinajstić information content (AvgIpc) is 3.26. The van der Waals surface area contributed by atoms with Gasteiger partial charge in [0.2, 0.25) is 11.0 Å². The standard InChI is InChI=1S/C16H21N7O3S/c1-6-9(12(24)18-15-20-19-13(27-15)8(2)3)23-7-17-11-10(23)14(25)22(5)16(26)21(11)4/h7-9H,6H2,1-5H3,(H,18,20,24). The molecule has 0 aliphatic heterocycles. The van der Waals surface area contributed by atoms with E-state index < -0.39 is 17.3 Å². The van der Waals surface area contributed by atoms with E-state index in [4.69, 9.17) is 0 Å². The number of imidazole rings is 1. The van der Waals surface area contributed by atoms with E-state index in [1.165, 1.54) is 40.9 Å². The first-order valence-electron chi connectivity index (χ1n) is 8.53. The van der Waals surface area contributed by atoms with Gasteiger partial charge in [-0.3, -0.25) is 24.0 Å². The van der Waals surface area contributed by atoms with Crippen molar-refractivity contribution < 1.29 is 4.79 Å². The molecule has 0 saturated carbocycles. The number of rotatable bonds is 5. The lowest BCUT2D eigenvalue weighted by atomic mass is 10.2. The lowest BCUT2D eigenvalue weighted by Gasteiger charge is -2.16. The number of aromatic nitrogens is 6. The van der Waals surface area contributed by atoms with Gasteiger partial charge in [-0.1, -0.05) is 32.1 Å². The van der Waals surface area contributed by atoms with Crippen LogP contribution in [0, 0.1) is 0 Å². The third kappa shape index (κ3) is 3.18. The Morgan fingerprint density at radius 3 is 2.52 bits per heavy atom. The van der Waals surface area contributed by atoms with Crippen LogP contribution in [0.25, 0.3) is 11.2 Å². The highest BCUT2D eigenvalue weighted by atomic mass is 32.1. The molecule has 144 valence electrons. The summed E-state index contributed by atoms with van der Waals surface area (Å²) in [5.41, 5.74) is -0.505. The van der Waals surface area contributed by atoms with Gasteiger partial charge in [0.05, 0.1) is 6.33 Å². The summed E-state index contributed by atoms with van der Waals surface area (Å²) in [7, 11) is 2.94. The van der Waals surface area contributed by atoms with Crippen LogP contribution in [0.15, 0.2) is 15.9 Å². The highest BCUT2D eigenvalue weighted by Crippen LogP contribution is 2.24. The van der Waals surface area contributed by atoms with Crippen molar-refractivity contribution in [3.63, 3.8) is 0 Å². The molecule has 0 aromatic carbocycles. The molecule has 3 heterocycles. The number of hydrogen-bond donors (Lipinski definition) is 1. The molecular weight excluding hydrogens is 370 g/mol. The number of fused-ring (bicyclic) bond motifs is 1. The predicted octanol–water partition coefficient (Wildman–Crippen LogP) is 0.998. The third-order valence-electron chi connectivity index (χ3n) is 4.36. The highest BCUT2D eigenvalue weighted by Gasteiger charge is 2.25. The monoisotopic (exact) mass is 391 g/mol. The minimum Gasteiger partial charge on any atom is -0.312 e. The fourth-order valence-electron chi connectivity index (χ4n) is 2.82. The van der Waals surface area contributed by atoms with E-state index >= 15 is 0 Å². The van der Waals surface area contributed by atoms with Crippen LogP contribution in [0.2, 0.25) is 0 Å². The maximum atomic E-state index is 12.8. The number of hydrogen-bond acceptors (Lipinski definition) is 7. The molecule has 1 amide bonds. The van der Waals surface area contributed by atoms with Crippen LogP contribution in [-0.4, -0.2) is 34.8 Å². The Hall–Kier alpha value is -2.82. The quantitative estimate of drug-likeness (QED) is 0.693. The second-order valence-electron chi connectivity index (χ2n) is 6.54. The molecule has 1 unspecified atom stereocenters. The normalized spacial score (nSPS) is 12.7. The van der Waals surface area contributed by atoms with E-state index in [0.29, 0.717) is 11.6 Å². The van der Waals surface area contributed by atoms with Crippen molar-refractivity contribution in [2.24, 2.45) is 14.1 Å². The Morgan fingerprint density at radius 1 is 1.22 bits per heavy atom. The smallest absolute Gasteiger partial charge is 0.312 e. The molecule has 0 aliphatic carbocycles. The average molecular weight is 391 g/mol. The number of carbonyl (C=O) groups is 1. The molecule has 1 N–H and O–H groups in total. The lowest BCUT2D eigenvalue weighted by Crippen LogP contribution is -2.38. The van der Waals surface area contributed by atoms with E-state index in [2.05, 4.69) is 20.5 Å². The Morgan fingerprint density at radius 2 is 1.93 bits per heavy atom. The molecule has 0 spiro atoms. The van der Waals surface area contributed by atoms with Gasteiger partial charge in [0.1, 0.15) is 11.0 Å². The fourth-order valence-corrected chi connectivity index (χ4v) is 3.56. The van der Waals surface area contributed by atoms with Crippen molar-refractivity contribution >= 4 is 33.5 Å². The molecule has 0 bridgehead atoms. The summed E-state index contributed by atoms with van der Waals surface area (Å²) in [6.45, 7) is 5.83. The number of nitrogens with one attached hydrogen (secondary N) is 1. The zero-order valence-corrected chi connectivity index (χ0v) is 16.6.